The third-order valence-corrected chi connectivity index (χ3v) is 3.69. The van der Waals surface area contributed by atoms with Gasteiger partial charge in [-0.05, 0) is 58.0 Å². The van der Waals surface area contributed by atoms with Gasteiger partial charge >= 0.3 is 0 Å². The van der Waals surface area contributed by atoms with Crippen molar-refractivity contribution in [3.05, 3.63) is 53.1 Å². The van der Waals surface area contributed by atoms with E-state index in [1.165, 1.54) is 16.7 Å². The number of benzene rings is 2. The maximum atomic E-state index is 11.2. The van der Waals surface area contributed by atoms with E-state index in [9.17, 15) is 4.79 Å². The Kier molecular flexibility index (Phi) is 3.03. The largest absolute Gasteiger partial charge is 0.497 e. The van der Waals surface area contributed by atoms with Gasteiger partial charge < -0.3 is 4.74 Å². The summed E-state index contributed by atoms with van der Waals surface area (Å²) in [6.45, 7) is 0. The van der Waals surface area contributed by atoms with E-state index in [-0.39, 0.29) is 11.7 Å². The van der Waals surface area contributed by atoms with Crippen LogP contribution in [-0.2, 0) is 17.6 Å². The van der Waals surface area contributed by atoms with Gasteiger partial charge in [0.25, 0.3) is 0 Å². The van der Waals surface area contributed by atoms with E-state index in [1.807, 2.05) is 24.3 Å². The second-order valence-corrected chi connectivity index (χ2v) is 5.10. The number of hydrogen-bond acceptors (Lipinski definition) is 2. The molecule has 0 unspecified atom stereocenters. The van der Waals surface area contributed by atoms with Crippen molar-refractivity contribution in [2.24, 2.45) is 0 Å². The molecule has 2 aromatic carbocycles. The van der Waals surface area contributed by atoms with Crippen molar-refractivity contribution < 1.29 is 9.53 Å². The third-order valence-electron chi connectivity index (χ3n) is 3.56. The molecule has 0 bridgehead atoms. The first-order chi connectivity index (χ1) is 9.19. The van der Waals surface area contributed by atoms with Crippen LogP contribution in [0.5, 0.6) is 5.75 Å². The minimum Gasteiger partial charge on any atom is -0.497 e. The smallest absolute Gasteiger partial charge is 0.226 e. The van der Waals surface area contributed by atoms with E-state index < -0.39 is 0 Å². The predicted octanol–water partition coefficient (Wildman–Crippen LogP) is 3.57. The standard InChI is InChI=1S/C16H13ClO2/c1-19-12-6-11(8-16(17)18)14-7-10-4-2-3-5-13(10)15(14)9-12/h2-6,9H,7-8H2,1H3. The second kappa shape index (κ2) is 4.71. The molecule has 1 aliphatic rings. The SMILES string of the molecule is COc1cc(CC(=O)Cl)c2c(c1)-c1ccccc1C2. The highest BCUT2D eigenvalue weighted by molar-refractivity contribution is 6.63. The minimum atomic E-state index is -0.341. The molecule has 96 valence electrons. The normalized spacial score (nSPS) is 11.9. The van der Waals surface area contributed by atoms with Crippen LogP contribution in [0.15, 0.2) is 36.4 Å². The Bertz CT molecular complexity index is 662. The fourth-order valence-electron chi connectivity index (χ4n) is 2.70. The van der Waals surface area contributed by atoms with Crippen molar-refractivity contribution in [2.45, 2.75) is 12.8 Å². The molecular weight excluding hydrogens is 260 g/mol. The van der Waals surface area contributed by atoms with E-state index in [0.717, 1.165) is 23.3 Å². The Morgan fingerprint density at radius 2 is 2.05 bits per heavy atom. The minimum absolute atomic E-state index is 0.245. The third kappa shape index (κ3) is 2.13. The van der Waals surface area contributed by atoms with Gasteiger partial charge in [-0.2, -0.15) is 0 Å². The van der Waals surface area contributed by atoms with Crippen molar-refractivity contribution in [3.8, 4) is 16.9 Å². The number of halogens is 1. The molecule has 19 heavy (non-hydrogen) atoms. The van der Waals surface area contributed by atoms with Gasteiger partial charge in [0, 0.05) is 6.42 Å². The molecule has 0 aromatic heterocycles. The maximum Gasteiger partial charge on any atom is 0.226 e. The molecule has 3 heteroatoms. The Labute approximate surface area is 117 Å². The van der Waals surface area contributed by atoms with E-state index in [2.05, 4.69) is 12.1 Å². The summed E-state index contributed by atoms with van der Waals surface area (Å²) in [7, 11) is 1.63. The highest BCUT2D eigenvalue weighted by Gasteiger charge is 2.22. The molecule has 0 heterocycles. The second-order valence-electron chi connectivity index (χ2n) is 4.68. The summed E-state index contributed by atoms with van der Waals surface area (Å²) < 4.78 is 5.32. The lowest BCUT2D eigenvalue weighted by Gasteiger charge is -2.10. The summed E-state index contributed by atoms with van der Waals surface area (Å²) in [6.07, 6.45) is 1.10. The van der Waals surface area contributed by atoms with Crippen LogP contribution in [0, 0.1) is 0 Å². The Morgan fingerprint density at radius 3 is 2.79 bits per heavy atom. The average molecular weight is 273 g/mol. The van der Waals surface area contributed by atoms with Crippen molar-refractivity contribution in [3.63, 3.8) is 0 Å². The highest BCUT2D eigenvalue weighted by atomic mass is 35.5. The molecule has 0 spiro atoms. The van der Waals surface area contributed by atoms with Gasteiger partial charge in [0.05, 0.1) is 7.11 Å². The Hall–Kier alpha value is -1.80. The molecule has 0 aliphatic heterocycles. The van der Waals surface area contributed by atoms with Crippen molar-refractivity contribution >= 4 is 16.8 Å². The molecule has 0 saturated carbocycles. The molecule has 0 N–H and O–H groups in total. The van der Waals surface area contributed by atoms with Gasteiger partial charge in [0.2, 0.25) is 5.24 Å². The van der Waals surface area contributed by atoms with Crippen LogP contribution >= 0.6 is 11.6 Å². The topological polar surface area (TPSA) is 26.3 Å². The van der Waals surface area contributed by atoms with Crippen LogP contribution < -0.4 is 4.74 Å². The lowest BCUT2D eigenvalue weighted by molar-refractivity contribution is -0.111. The van der Waals surface area contributed by atoms with Gasteiger partial charge in [-0.15, -0.1) is 0 Å². The number of ether oxygens (including phenoxy) is 1. The zero-order chi connectivity index (χ0) is 13.4. The number of carbonyl (C=O) groups is 1. The van der Waals surface area contributed by atoms with Crippen LogP contribution in [0.4, 0.5) is 0 Å². The van der Waals surface area contributed by atoms with Gasteiger partial charge in [0.15, 0.2) is 0 Å². The lowest BCUT2D eigenvalue weighted by atomic mass is 9.99. The van der Waals surface area contributed by atoms with Gasteiger partial charge in [-0.3, -0.25) is 4.79 Å². The van der Waals surface area contributed by atoms with Crippen LogP contribution in [-0.4, -0.2) is 12.4 Å². The molecule has 2 aromatic rings. The first-order valence-corrected chi connectivity index (χ1v) is 6.53. The summed E-state index contributed by atoms with van der Waals surface area (Å²) >= 11 is 5.54. The number of hydrogen-bond donors (Lipinski definition) is 0. The van der Waals surface area contributed by atoms with E-state index in [4.69, 9.17) is 16.3 Å². The molecule has 3 rings (SSSR count). The molecule has 0 amide bonds. The number of carbonyl (C=O) groups excluding carboxylic acids is 1. The molecular formula is C16H13ClO2. The monoisotopic (exact) mass is 272 g/mol. The summed E-state index contributed by atoms with van der Waals surface area (Å²) in [6, 6.07) is 12.2. The van der Waals surface area contributed by atoms with Gasteiger partial charge in [-0.25, -0.2) is 0 Å². The van der Waals surface area contributed by atoms with Crippen molar-refractivity contribution in [1.82, 2.24) is 0 Å². The first kappa shape index (κ1) is 12.2. The zero-order valence-electron chi connectivity index (χ0n) is 10.6. The van der Waals surface area contributed by atoms with E-state index >= 15 is 0 Å². The van der Waals surface area contributed by atoms with Gasteiger partial charge in [0.1, 0.15) is 5.75 Å². The molecule has 0 radical (unpaired) electrons. The quantitative estimate of drug-likeness (QED) is 0.681. The zero-order valence-corrected chi connectivity index (χ0v) is 11.3. The molecule has 2 nitrogen and oxygen atoms in total. The summed E-state index contributed by atoms with van der Waals surface area (Å²) in [5, 5.41) is -0.341. The highest BCUT2D eigenvalue weighted by Crippen LogP contribution is 2.40. The molecule has 0 saturated heterocycles. The fourth-order valence-corrected chi connectivity index (χ4v) is 2.85. The van der Waals surface area contributed by atoms with Crippen LogP contribution in [0.3, 0.4) is 0 Å². The van der Waals surface area contributed by atoms with E-state index in [0.29, 0.717) is 0 Å². The van der Waals surface area contributed by atoms with Crippen LogP contribution in [0.2, 0.25) is 0 Å². The fraction of sp³-hybridized carbons (Fsp3) is 0.188. The number of fused-ring (bicyclic) bond motifs is 3. The first-order valence-electron chi connectivity index (χ1n) is 6.15. The molecule has 1 aliphatic carbocycles. The van der Waals surface area contributed by atoms with Crippen LogP contribution in [0.1, 0.15) is 16.7 Å². The van der Waals surface area contributed by atoms with Gasteiger partial charge in [-0.1, -0.05) is 24.3 Å². The summed E-state index contributed by atoms with van der Waals surface area (Å²) in [5.74, 6) is 0.767. The summed E-state index contributed by atoms with van der Waals surface area (Å²) in [5.41, 5.74) is 5.82. The number of rotatable bonds is 3. The van der Waals surface area contributed by atoms with Crippen LogP contribution in [0.25, 0.3) is 11.1 Å². The van der Waals surface area contributed by atoms with E-state index in [1.54, 1.807) is 7.11 Å². The Morgan fingerprint density at radius 1 is 1.26 bits per heavy atom. The Balaban J connectivity index is 2.18. The maximum absolute atomic E-state index is 11.2. The molecule has 0 fully saturated rings. The molecule has 0 atom stereocenters. The lowest BCUT2D eigenvalue weighted by Crippen LogP contribution is -2.00. The number of methoxy groups -OCH3 is 1. The predicted molar refractivity (Wildman–Crippen MR) is 75.8 cm³/mol. The summed E-state index contributed by atoms with van der Waals surface area (Å²) in [4.78, 5) is 11.2. The average Bonchev–Trinajstić information content (AvgIpc) is 2.77. The van der Waals surface area contributed by atoms with Crippen molar-refractivity contribution in [2.75, 3.05) is 7.11 Å². The van der Waals surface area contributed by atoms with Crippen molar-refractivity contribution in [1.29, 1.82) is 0 Å².